The summed E-state index contributed by atoms with van der Waals surface area (Å²) >= 11 is 0. The zero-order chi connectivity index (χ0) is 15.5. The number of allylic oxidation sites excluding steroid dienone is 2. The van der Waals surface area contributed by atoms with Crippen molar-refractivity contribution in [2.75, 3.05) is 0 Å². The third kappa shape index (κ3) is 3.66. The van der Waals surface area contributed by atoms with Crippen LogP contribution < -0.4 is 0 Å². The first kappa shape index (κ1) is 15.9. The Hall–Kier alpha value is -2.18. The predicted octanol–water partition coefficient (Wildman–Crippen LogP) is 4.31. The lowest BCUT2D eigenvalue weighted by atomic mass is 10.1. The van der Waals surface area contributed by atoms with E-state index in [2.05, 4.69) is 10.2 Å². The number of halogens is 3. The molecule has 0 saturated carbocycles. The Morgan fingerprint density at radius 3 is 2.35 bits per heavy atom. The van der Waals surface area contributed by atoms with Crippen molar-refractivity contribution in [2.45, 2.75) is 26.9 Å². The first-order chi connectivity index (χ1) is 9.14. The van der Waals surface area contributed by atoms with E-state index in [-0.39, 0.29) is 0 Å². The van der Waals surface area contributed by atoms with Crippen molar-refractivity contribution in [3.8, 4) is 0 Å². The van der Waals surface area contributed by atoms with Crippen molar-refractivity contribution in [3.05, 3.63) is 40.8 Å². The van der Waals surface area contributed by atoms with Gasteiger partial charge in [-0.15, -0.1) is 5.11 Å². The van der Waals surface area contributed by atoms with Crippen LogP contribution in [0.25, 0.3) is 0 Å². The third-order valence-electron chi connectivity index (χ3n) is 2.66. The van der Waals surface area contributed by atoms with Crippen LogP contribution in [0.1, 0.15) is 18.1 Å². The molecule has 108 valence electrons. The molecule has 1 aromatic rings. The number of alkyl halides is 3. The molecular weight excluding hydrogens is 273 g/mol. The molecule has 1 N–H and O–H groups in total. The minimum absolute atomic E-state index is 0.332. The summed E-state index contributed by atoms with van der Waals surface area (Å²) in [5.74, 6) is -3.06. The summed E-state index contributed by atoms with van der Waals surface area (Å²) in [5.41, 5.74) is 0.831. The second kappa shape index (κ2) is 5.85. The number of carbonyl (C=O) groups excluding carboxylic acids is 1. The monoisotopic (exact) mass is 286 g/mol. The summed E-state index contributed by atoms with van der Waals surface area (Å²) in [6.07, 6.45) is -5.04. The van der Waals surface area contributed by atoms with Crippen molar-refractivity contribution < 1.29 is 23.1 Å². The number of aliphatic hydroxyl groups is 1. The number of aryl methyl sites for hydroxylation is 1. The number of benzene rings is 1. The topological polar surface area (TPSA) is 62.0 Å². The fourth-order valence-electron chi connectivity index (χ4n) is 1.37. The predicted molar refractivity (Wildman–Crippen MR) is 66.8 cm³/mol. The van der Waals surface area contributed by atoms with Crippen molar-refractivity contribution in [1.82, 2.24) is 0 Å². The Morgan fingerprint density at radius 2 is 1.85 bits per heavy atom. The van der Waals surface area contributed by atoms with E-state index in [9.17, 15) is 18.0 Å². The molecule has 0 radical (unpaired) electrons. The minimum Gasteiger partial charge on any atom is -0.503 e. The van der Waals surface area contributed by atoms with E-state index in [1.54, 1.807) is 19.1 Å². The molecule has 20 heavy (non-hydrogen) atoms. The highest BCUT2D eigenvalue weighted by atomic mass is 19.4. The minimum atomic E-state index is -5.04. The van der Waals surface area contributed by atoms with Crippen LogP contribution in [0.5, 0.6) is 0 Å². The molecule has 0 aliphatic rings. The average molecular weight is 286 g/mol. The molecule has 0 aliphatic heterocycles. The number of nitrogens with zero attached hydrogens (tertiary/aromatic N) is 2. The highest BCUT2D eigenvalue weighted by Crippen LogP contribution is 2.28. The maximum Gasteiger partial charge on any atom is 0.451 e. The highest BCUT2D eigenvalue weighted by Gasteiger charge is 2.38. The molecule has 1 rings (SSSR count). The number of rotatable bonds is 3. The smallest absolute Gasteiger partial charge is 0.451 e. The van der Waals surface area contributed by atoms with Crippen LogP contribution in [0.15, 0.2) is 39.9 Å². The van der Waals surface area contributed by atoms with Crippen LogP contribution >= 0.6 is 0 Å². The molecule has 1 aromatic carbocycles. The molecule has 0 bridgehead atoms. The second-order valence-electron chi connectivity index (χ2n) is 4.17. The Labute approximate surface area is 113 Å². The fraction of sp³-hybridized carbons (Fsp3) is 0.308. The summed E-state index contributed by atoms with van der Waals surface area (Å²) in [6.45, 7) is 4.41. The molecule has 0 aliphatic carbocycles. The molecule has 0 amide bonds. The van der Waals surface area contributed by atoms with Crippen molar-refractivity contribution in [3.63, 3.8) is 0 Å². The normalized spacial score (nSPS) is 13.5. The third-order valence-corrected chi connectivity index (χ3v) is 2.66. The lowest BCUT2D eigenvalue weighted by Gasteiger charge is -2.07. The Bertz CT molecular complexity index is 590. The van der Waals surface area contributed by atoms with E-state index >= 15 is 0 Å². The van der Waals surface area contributed by atoms with Crippen molar-refractivity contribution in [2.24, 2.45) is 10.2 Å². The average Bonchev–Trinajstić information content (AvgIpc) is 2.32. The van der Waals surface area contributed by atoms with Gasteiger partial charge in [-0.3, -0.25) is 4.79 Å². The summed E-state index contributed by atoms with van der Waals surface area (Å²) in [7, 11) is 0. The SMILES string of the molecule is CC(=O)C(N=Nc1cccc(C)c1C)=C(O)C(F)(F)F. The fourth-order valence-corrected chi connectivity index (χ4v) is 1.37. The van der Waals surface area contributed by atoms with Crippen LogP contribution in [-0.2, 0) is 4.79 Å². The van der Waals surface area contributed by atoms with Gasteiger partial charge in [0, 0.05) is 6.92 Å². The van der Waals surface area contributed by atoms with E-state index in [0.29, 0.717) is 5.69 Å². The first-order valence-corrected chi connectivity index (χ1v) is 5.64. The number of Topliss-reactive ketones (excluding diaryl/α,β-unsaturated/α-hetero) is 1. The number of carbonyl (C=O) groups is 1. The lowest BCUT2D eigenvalue weighted by Crippen LogP contribution is -2.16. The van der Waals surface area contributed by atoms with Gasteiger partial charge in [-0.25, -0.2) is 0 Å². The Morgan fingerprint density at radius 1 is 1.25 bits per heavy atom. The maximum atomic E-state index is 12.4. The van der Waals surface area contributed by atoms with Gasteiger partial charge in [0.25, 0.3) is 0 Å². The summed E-state index contributed by atoms with van der Waals surface area (Å²) in [5, 5.41) is 15.9. The van der Waals surface area contributed by atoms with Crippen LogP contribution in [0.3, 0.4) is 0 Å². The maximum absolute atomic E-state index is 12.4. The van der Waals surface area contributed by atoms with Crippen LogP contribution in [0, 0.1) is 13.8 Å². The molecular formula is C13H13F3N2O2. The molecule has 0 heterocycles. The quantitative estimate of drug-likeness (QED) is 0.511. The van der Waals surface area contributed by atoms with Gasteiger partial charge in [0.1, 0.15) is 0 Å². The molecule has 0 spiro atoms. The van der Waals surface area contributed by atoms with Gasteiger partial charge in [0.2, 0.25) is 5.76 Å². The van der Waals surface area contributed by atoms with Crippen LogP contribution in [-0.4, -0.2) is 17.1 Å². The van der Waals surface area contributed by atoms with E-state index < -0.39 is 23.4 Å². The summed E-state index contributed by atoms with van der Waals surface area (Å²) in [6, 6.07) is 5.02. The van der Waals surface area contributed by atoms with Gasteiger partial charge in [-0.1, -0.05) is 12.1 Å². The van der Waals surface area contributed by atoms with Crippen molar-refractivity contribution in [1.29, 1.82) is 0 Å². The zero-order valence-corrected chi connectivity index (χ0v) is 11.1. The number of hydrogen-bond acceptors (Lipinski definition) is 4. The summed E-state index contributed by atoms with van der Waals surface area (Å²) < 4.78 is 37.1. The van der Waals surface area contributed by atoms with Gasteiger partial charge >= 0.3 is 6.18 Å². The number of azo groups is 1. The van der Waals surface area contributed by atoms with Gasteiger partial charge in [-0.2, -0.15) is 18.3 Å². The molecule has 0 aromatic heterocycles. The van der Waals surface area contributed by atoms with Crippen LogP contribution in [0.2, 0.25) is 0 Å². The first-order valence-electron chi connectivity index (χ1n) is 5.64. The molecule has 7 heteroatoms. The number of aliphatic hydroxyl groups excluding tert-OH is 1. The standard InChI is InChI=1S/C13H13F3N2O2/c1-7-5-4-6-10(8(7)2)17-18-11(9(3)19)12(20)13(14,15)16/h4-6,20H,1-3H3. The summed E-state index contributed by atoms with van der Waals surface area (Å²) in [4.78, 5) is 11.1. The second-order valence-corrected chi connectivity index (χ2v) is 4.17. The zero-order valence-electron chi connectivity index (χ0n) is 11.1. The van der Waals surface area contributed by atoms with E-state index in [1.807, 2.05) is 13.0 Å². The van der Waals surface area contributed by atoms with Crippen LogP contribution in [0.4, 0.5) is 18.9 Å². The molecule has 0 unspecified atom stereocenters. The number of hydrogen-bond donors (Lipinski definition) is 1. The molecule has 0 fully saturated rings. The van der Waals surface area contributed by atoms with Gasteiger partial charge in [0.15, 0.2) is 11.5 Å². The van der Waals surface area contributed by atoms with Gasteiger partial charge in [0.05, 0.1) is 5.69 Å². The van der Waals surface area contributed by atoms with Gasteiger partial charge < -0.3 is 5.11 Å². The van der Waals surface area contributed by atoms with Gasteiger partial charge in [-0.05, 0) is 31.0 Å². The van der Waals surface area contributed by atoms with E-state index in [4.69, 9.17) is 5.11 Å². The Balaban J connectivity index is 3.25. The largest absolute Gasteiger partial charge is 0.503 e. The molecule has 4 nitrogen and oxygen atoms in total. The highest BCUT2D eigenvalue weighted by molar-refractivity contribution is 5.93. The molecule has 0 atom stereocenters. The molecule has 0 saturated heterocycles. The van der Waals surface area contributed by atoms with E-state index in [0.717, 1.165) is 18.1 Å². The van der Waals surface area contributed by atoms with Crippen molar-refractivity contribution >= 4 is 11.5 Å². The lowest BCUT2D eigenvalue weighted by molar-refractivity contribution is -0.126. The van der Waals surface area contributed by atoms with E-state index in [1.165, 1.54) is 0 Å². The Kier molecular flexibility index (Phi) is 4.65. The number of ketones is 1.